The standard InChI is InChI=1S/C21H45O6P/c1-20(2)16-14-12-10-8-6-4-3-5-7-9-11-13-15-17-26-19-21(18-22)27-28(23,24)25/h20-22H,3-19H2,1-2H3,(H2,23,24,25). The van der Waals surface area contributed by atoms with Crippen molar-refractivity contribution in [3.05, 3.63) is 0 Å². The van der Waals surface area contributed by atoms with Crippen LogP contribution in [0.4, 0.5) is 0 Å². The van der Waals surface area contributed by atoms with Crippen LogP contribution in [0.5, 0.6) is 0 Å². The van der Waals surface area contributed by atoms with E-state index in [0.29, 0.717) is 6.61 Å². The third-order valence-corrected chi connectivity index (χ3v) is 5.44. The molecule has 0 aromatic carbocycles. The van der Waals surface area contributed by atoms with Gasteiger partial charge in [0.1, 0.15) is 6.10 Å². The molecule has 0 aromatic rings. The highest BCUT2D eigenvalue weighted by atomic mass is 31.2. The summed E-state index contributed by atoms with van der Waals surface area (Å²) in [5.74, 6) is 0.848. The molecule has 1 atom stereocenters. The summed E-state index contributed by atoms with van der Waals surface area (Å²) >= 11 is 0. The molecule has 28 heavy (non-hydrogen) atoms. The first-order valence-corrected chi connectivity index (χ1v) is 12.8. The lowest BCUT2D eigenvalue weighted by atomic mass is 10.0. The van der Waals surface area contributed by atoms with E-state index in [-0.39, 0.29) is 6.61 Å². The molecule has 0 rings (SSSR count). The highest BCUT2D eigenvalue weighted by molar-refractivity contribution is 7.46. The number of phosphoric acid groups is 1. The lowest BCUT2D eigenvalue weighted by Gasteiger charge is -2.15. The number of rotatable bonds is 21. The largest absolute Gasteiger partial charge is 0.470 e. The molecule has 3 N–H and O–H groups in total. The average molecular weight is 425 g/mol. The first kappa shape index (κ1) is 28.0. The van der Waals surface area contributed by atoms with Gasteiger partial charge in [-0.15, -0.1) is 0 Å². The van der Waals surface area contributed by atoms with Crippen molar-refractivity contribution in [2.45, 2.75) is 110 Å². The number of aliphatic hydroxyl groups is 1. The van der Waals surface area contributed by atoms with Crippen LogP contribution in [0.25, 0.3) is 0 Å². The van der Waals surface area contributed by atoms with Crippen molar-refractivity contribution in [2.24, 2.45) is 5.92 Å². The molecular formula is C21H45O6P. The van der Waals surface area contributed by atoms with Gasteiger partial charge >= 0.3 is 7.82 Å². The molecular weight excluding hydrogens is 379 g/mol. The summed E-state index contributed by atoms with van der Waals surface area (Å²) in [4.78, 5) is 17.4. The summed E-state index contributed by atoms with van der Waals surface area (Å²) in [6.07, 6.45) is 17.2. The molecule has 0 heterocycles. The molecule has 0 aliphatic heterocycles. The van der Waals surface area contributed by atoms with E-state index in [1.807, 2.05) is 0 Å². The van der Waals surface area contributed by atoms with Gasteiger partial charge < -0.3 is 19.6 Å². The van der Waals surface area contributed by atoms with E-state index in [0.717, 1.165) is 18.8 Å². The second kappa shape index (κ2) is 19.0. The SMILES string of the molecule is CC(C)CCCCCCCCCCCCCCCOCC(CO)OP(=O)(O)O. The van der Waals surface area contributed by atoms with Gasteiger partial charge in [-0.05, 0) is 12.3 Å². The zero-order chi connectivity index (χ0) is 21.1. The van der Waals surface area contributed by atoms with Crippen LogP contribution in [0.2, 0.25) is 0 Å². The molecule has 0 saturated heterocycles. The summed E-state index contributed by atoms with van der Waals surface area (Å²) in [5.41, 5.74) is 0. The quantitative estimate of drug-likeness (QED) is 0.164. The predicted molar refractivity (Wildman–Crippen MR) is 114 cm³/mol. The molecule has 170 valence electrons. The zero-order valence-corrected chi connectivity index (χ0v) is 19.1. The molecule has 0 saturated carbocycles. The number of phosphoric ester groups is 1. The van der Waals surface area contributed by atoms with Crippen molar-refractivity contribution in [3.8, 4) is 0 Å². The Morgan fingerprint density at radius 1 is 0.750 bits per heavy atom. The second-order valence-electron chi connectivity index (χ2n) is 8.25. The fourth-order valence-corrected chi connectivity index (χ4v) is 3.74. The van der Waals surface area contributed by atoms with Crippen LogP contribution < -0.4 is 0 Å². The van der Waals surface area contributed by atoms with Crippen LogP contribution in [-0.2, 0) is 13.8 Å². The van der Waals surface area contributed by atoms with Gasteiger partial charge in [-0.2, -0.15) is 0 Å². The van der Waals surface area contributed by atoms with E-state index in [2.05, 4.69) is 18.4 Å². The summed E-state index contributed by atoms with van der Waals surface area (Å²) in [6, 6.07) is 0. The van der Waals surface area contributed by atoms with E-state index < -0.39 is 20.5 Å². The molecule has 7 heteroatoms. The number of hydrogen-bond donors (Lipinski definition) is 3. The number of unbranched alkanes of at least 4 members (excludes halogenated alkanes) is 12. The first-order chi connectivity index (χ1) is 13.3. The Bertz CT molecular complexity index is 372. The minimum Gasteiger partial charge on any atom is -0.394 e. The maximum absolute atomic E-state index is 10.7. The molecule has 0 spiro atoms. The van der Waals surface area contributed by atoms with E-state index in [1.54, 1.807) is 0 Å². The fraction of sp³-hybridized carbons (Fsp3) is 1.00. The average Bonchev–Trinajstić information content (AvgIpc) is 2.62. The van der Waals surface area contributed by atoms with Crippen molar-refractivity contribution < 1.29 is 28.7 Å². The van der Waals surface area contributed by atoms with Crippen LogP contribution in [-0.4, -0.2) is 40.8 Å². The first-order valence-electron chi connectivity index (χ1n) is 11.3. The third kappa shape index (κ3) is 22.3. The van der Waals surface area contributed by atoms with Crippen molar-refractivity contribution in [2.75, 3.05) is 19.8 Å². The van der Waals surface area contributed by atoms with Crippen molar-refractivity contribution >= 4 is 7.82 Å². The lowest BCUT2D eigenvalue weighted by Crippen LogP contribution is -2.23. The van der Waals surface area contributed by atoms with Gasteiger partial charge in [0.25, 0.3) is 0 Å². The van der Waals surface area contributed by atoms with Crippen LogP contribution in [0.1, 0.15) is 104 Å². The Hall–Kier alpha value is 0.0300. The maximum Gasteiger partial charge on any atom is 0.470 e. The van der Waals surface area contributed by atoms with Gasteiger partial charge in [0.05, 0.1) is 13.2 Å². The van der Waals surface area contributed by atoms with Gasteiger partial charge in [0.15, 0.2) is 0 Å². The zero-order valence-electron chi connectivity index (χ0n) is 18.2. The van der Waals surface area contributed by atoms with E-state index in [1.165, 1.54) is 77.0 Å². The maximum atomic E-state index is 10.7. The summed E-state index contributed by atoms with van der Waals surface area (Å²) in [6.45, 7) is 4.66. The molecule has 1 unspecified atom stereocenters. The fourth-order valence-electron chi connectivity index (χ4n) is 3.23. The summed E-state index contributed by atoms with van der Waals surface area (Å²) in [7, 11) is -4.57. The van der Waals surface area contributed by atoms with Crippen molar-refractivity contribution in [1.82, 2.24) is 0 Å². The van der Waals surface area contributed by atoms with Gasteiger partial charge in [-0.25, -0.2) is 4.57 Å². The van der Waals surface area contributed by atoms with Crippen LogP contribution in [0.15, 0.2) is 0 Å². The molecule has 0 aliphatic rings. The normalized spacial score (nSPS) is 13.4. The molecule has 0 aliphatic carbocycles. The van der Waals surface area contributed by atoms with E-state index >= 15 is 0 Å². The number of hydrogen-bond acceptors (Lipinski definition) is 4. The van der Waals surface area contributed by atoms with E-state index in [4.69, 9.17) is 19.6 Å². The molecule has 6 nitrogen and oxygen atoms in total. The Balaban J connectivity index is 3.22. The van der Waals surface area contributed by atoms with Crippen LogP contribution >= 0.6 is 7.82 Å². The smallest absolute Gasteiger partial charge is 0.394 e. The van der Waals surface area contributed by atoms with Gasteiger partial charge in [-0.1, -0.05) is 97.3 Å². The highest BCUT2D eigenvalue weighted by Crippen LogP contribution is 2.37. The minimum absolute atomic E-state index is 0.000658. The minimum atomic E-state index is -4.57. The molecule has 0 bridgehead atoms. The van der Waals surface area contributed by atoms with Gasteiger partial charge in [-0.3, -0.25) is 4.52 Å². The Kier molecular flexibility index (Phi) is 19.0. The Morgan fingerprint density at radius 3 is 1.57 bits per heavy atom. The second-order valence-corrected chi connectivity index (χ2v) is 9.45. The monoisotopic (exact) mass is 424 g/mol. The molecule has 0 fully saturated rings. The molecule has 0 amide bonds. The summed E-state index contributed by atoms with van der Waals surface area (Å²) < 4.78 is 20.4. The van der Waals surface area contributed by atoms with E-state index in [9.17, 15) is 4.57 Å². The Morgan fingerprint density at radius 2 is 1.18 bits per heavy atom. The number of aliphatic hydroxyl groups excluding tert-OH is 1. The Labute approximate surface area is 172 Å². The third-order valence-electron chi connectivity index (χ3n) is 4.86. The molecule has 0 radical (unpaired) electrons. The predicted octanol–water partition coefficient (Wildman–Crippen LogP) is 5.59. The number of ether oxygens (including phenoxy) is 1. The van der Waals surface area contributed by atoms with Crippen molar-refractivity contribution in [3.63, 3.8) is 0 Å². The van der Waals surface area contributed by atoms with Crippen LogP contribution in [0, 0.1) is 5.92 Å². The van der Waals surface area contributed by atoms with Crippen LogP contribution in [0.3, 0.4) is 0 Å². The molecule has 0 aromatic heterocycles. The van der Waals surface area contributed by atoms with Gasteiger partial charge in [0.2, 0.25) is 0 Å². The van der Waals surface area contributed by atoms with Crippen molar-refractivity contribution in [1.29, 1.82) is 0 Å². The topological polar surface area (TPSA) is 96.2 Å². The highest BCUT2D eigenvalue weighted by Gasteiger charge is 2.21. The lowest BCUT2D eigenvalue weighted by molar-refractivity contribution is 0.00414. The van der Waals surface area contributed by atoms with Gasteiger partial charge in [0, 0.05) is 6.61 Å². The summed E-state index contributed by atoms with van der Waals surface area (Å²) in [5, 5.41) is 8.98.